The normalized spacial score (nSPS) is 14.5. The minimum Gasteiger partial charge on any atom is -0.473 e. The first-order valence-electron chi connectivity index (χ1n) is 15.1. The van der Waals surface area contributed by atoms with Crippen molar-refractivity contribution in [1.29, 1.82) is 5.41 Å². The Labute approximate surface area is 272 Å². The zero-order chi connectivity index (χ0) is 32.6. The van der Waals surface area contributed by atoms with Crippen LogP contribution in [-0.2, 0) is 17.9 Å². The summed E-state index contributed by atoms with van der Waals surface area (Å²) < 4.78 is 19.6. The molecule has 9 nitrogen and oxygen atoms in total. The zero-order valence-corrected chi connectivity index (χ0v) is 26.4. The molecule has 1 fully saturated rings. The van der Waals surface area contributed by atoms with Gasteiger partial charge < -0.3 is 26.2 Å². The van der Waals surface area contributed by atoms with Crippen molar-refractivity contribution in [3.63, 3.8) is 0 Å². The van der Waals surface area contributed by atoms with Gasteiger partial charge in [0.15, 0.2) is 0 Å². The van der Waals surface area contributed by atoms with Crippen LogP contribution in [-0.4, -0.2) is 46.3 Å². The second-order valence-corrected chi connectivity index (χ2v) is 11.8. The predicted molar refractivity (Wildman–Crippen MR) is 183 cm³/mol. The van der Waals surface area contributed by atoms with Gasteiger partial charge >= 0.3 is 0 Å². The molecule has 1 aliphatic heterocycles. The molecule has 4 aromatic rings. The van der Waals surface area contributed by atoms with Crippen LogP contribution in [0.15, 0.2) is 83.7 Å². The highest BCUT2D eigenvalue weighted by atomic mass is 35.5. The number of fused-ring (bicyclic) bond motifs is 1. The molecule has 11 heteroatoms. The van der Waals surface area contributed by atoms with Crippen molar-refractivity contribution in [2.24, 2.45) is 10.9 Å². The molecule has 1 aromatic heterocycles. The molecule has 1 amide bonds. The SMILES string of the molecule is C=N/C(=C\C=C/CC1CCN(Cc2nc3ccc(C(=O)Nc4ccc(C(C)=N)c(N)c4)cc3[nH]2)CC1)OCc1ccc(Cl)cc1F. The van der Waals surface area contributed by atoms with Gasteiger partial charge in [-0.25, -0.2) is 14.4 Å². The van der Waals surface area contributed by atoms with E-state index < -0.39 is 5.82 Å². The number of aromatic nitrogens is 2. The highest BCUT2D eigenvalue weighted by molar-refractivity contribution is 6.30. The largest absolute Gasteiger partial charge is 0.473 e. The third kappa shape index (κ3) is 8.47. The van der Waals surface area contributed by atoms with Crippen LogP contribution in [0, 0.1) is 17.1 Å². The summed E-state index contributed by atoms with van der Waals surface area (Å²) in [6.45, 7) is 7.89. The van der Waals surface area contributed by atoms with Crippen molar-refractivity contribution in [2.45, 2.75) is 39.3 Å². The molecule has 2 heterocycles. The summed E-state index contributed by atoms with van der Waals surface area (Å²) in [5, 5.41) is 11.0. The van der Waals surface area contributed by atoms with Crippen molar-refractivity contribution in [1.82, 2.24) is 14.9 Å². The van der Waals surface area contributed by atoms with E-state index in [2.05, 4.69) is 33.0 Å². The van der Waals surface area contributed by atoms with Gasteiger partial charge in [0.2, 0.25) is 5.88 Å². The fourth-order valence-electron chi connectivity index (χ4n) is 5.41. The lowest BCUT2D eigenvalue weighted by atomic mass is 9.93. The van der Waals surface area contributed by atoms with Crippen LogP contribution in [0.3, 0.4) is 0 Å². The van der Waals surface area contributed by atoms with Crippen LogP contribution < -0.4 is 11.1 Å². The van der Waals surface area contributed by atoms with E-state index in [0.717, 1.165) is 49.2 Å². The Morgan fingerprint density at radius 1 is 1.24 bits per heavy atom. The van der Waals surface area contributed by atoms with E-state index in [1.54, 1.807) is 49.4 Å². The van der Waals surface area contributed by atoms with Crippen LogP contribution >= 0.6 is 11.6 Å². The number of H-pyrrole nitrogens is 1. The maximum atomic E-state index is 14.0. The number of halogens is 2. The Kier molecular flexibility index (Phi) is 10.6. The summed E-state index contributed by atoms with van der Waals surface area (Å²) in [6, 6.07) is 15.0. The van der Waals surface area contributed by atoms with E-state index in [-0.39, 0.29) is 12.5 Å². The predicted octanol–water partition coefficient (Wildman–Crippen LogP) is 7.49. The number of nitrogen functional groups attached to an aromatic ring is 1. The number of carbonyl (C=O) groups excluding carboxylic acids is 1. The van der Waals surface area contributed by atoms with Gasteiger partial charge in [0.1, 0.15) is 18.2 Å². The number of nitrogens with two attached hydrogens (primary N) is 1. The Balaban J connectivity index is 1.08. The van der Waals surface area contributed by atoms with Gasteiger partial charge in [0.25, 0.3) is 5.91 Å². The summed E-state index contributed by atoms with van der Waals surface area (Å²) in [5.74, 6) is 1.10. The van der Waals surface area contributed by atoms with Gasteiger partial charge in [0.05, 0.1) is 17.6 Å². The van der Waals surface area contributed by atoms with E-state index in [9.17, 15) is 9.18 Å². The molecule has 0 spiro atoms. The standard InChI is InChI=1S/C35H37ClFN7O2/c1-22(38)28-11-10-27(19-30(28)39)41-35(45)24-8-12-31-32(17-24)43-33(42-31)20-44-15-13-23(14-16-44)5-3-4-6-34(40-2)46-21-25-7-9-26(36)18-29(25)37/h3-4,6-12,17-19,23,38H,2,5,13-16,20-21,39H2,1H3,(H,41,45)(H,42,43)/b4-3-,34-6+,38-22?. The number of nitrogens with zero attached hydrogens (tertiary/aromatic N) is 3. The van der Waals surface area contributed by atoms with Crippen molar-refractivity contribution < 1.29 is 13.9 Å². The quantitative estimate of drug-likeness (QED) is 0.0550. The molecule has 0 saturated carbocycles. The molecule has 1 saturated heterocycles. The van der Waals surface area contributed by atoms with Gasteiger partial charge in [-0.1, -0.05) is 29.8 Å². The summed E-state index contributed by atoms with van der Waals surface area (Å²) in [6.07, 6.45) is 8.83. The molecular formula is C35H37ClFN7O2. The summed E-state index contributed by atoms with van der Waals surface area (Å²) in [4.78, 5) is 27.3. The number of imidazole rings is 1. The smallest absolute Gasteiger partial charge is 0.255 e. The Morgan fingerprint density at radius 3 is 2.76 bits per heavy atom. The van der Waals surface area contributed by atoms with Gasteiger partial charge in [-0.15, -0.1) is 0 Å². The van der Waals surface area contributed by atoms with Crippen molar-refractivity contribution in [2.75, 3.05) is 24.1 Å². The van der Waals surface area contributed by atoms with Crippen LogP contribution in [0.25, 0.3) is 11.0 Å². The summed E-state index contributed by atoms with van der Waals surface area (Å²) in [7, 11) is 0. The molecule has 5 rings (SSSR count). The number of hydrogen-bond acceptors (Lipinski definition) is 7. The summed E-state index contributed by atoms with van der Waals surface area (Å²) in [5.41, 5.74) is 10.6. The lowest BCUT2D eigenvalue weighted by Crippen LogP contribution is -2.33. The van der Waals surface area contributed by atoms with E-state index in [1.807, 2.05) is 18.2 Å². The number of allylic oxidation sites excluding steroid dienone is 3. The molecule has 0 bridgehead atoms. The maximum Gasteiger partial charge on any atom is 0.255 e. The fourth-order valence-corrected chi connectivity index (χ4v) is 5.57. The third-order valence-corrected chi connectivity index (χ3v) is 8.21. The summed E-state index contributed by atoms with van der Waals surface area (Å²) >= 11 is 5.81. The van der Waals surface area contributed by atoms with Crippen molar-refractivity contribution >= 4 is 52.3 Å². The number of rotatable bonds is 12. The van der Waals surface area contributed by atoms with E-state index in [1.165, 1.54) is 6.07 Å². The Hall–Kier alpha value is -4.80. The zero-order valence-electron chi connectivity index (χ0n) is 25.7. The number of hydrogen-bond donors (Lipinski definition) is 4. The third-order valence-electron chi connectivity index (χ3n) is 7.98. The molecule has 5 N–H and O–H groups in total. The topological polar surface area (TPSA) is 132 Å². The number of carbonyl (C=O) groups is 1. The van der Waals surface area contributed by atoms with Crippen LogP contribution in [0.4, 0.5) is 15.8 Å². The number of nitrogens with one attached hydrogen (secondary N) is 3. The number of amides is 1. The second kappa shape index (κ2) is 15.0. The number of ether oxygens (including phenoxy) is 1. The molecule has 238 valence electrons. The van der Waals surface area contributed by atoms with Gasteiger partial charge in [-0.05, 0) is 107 Å². The Bertz CT molecular complexity index is 1810. The maximum absolute atomic E-state index is 14.0. The van der Waals surface area contributed by atoms with Gasteiger partial charge in [-0.3, -0.25) is 9.69 Å². The Morgan fingerprint density at radius 2 is 2.04 bits per heavy atom. The number of aromatic amines is 1. The number of benzene rings is 3. The fraction of sp³-hybridized carbons (Fsp3) is 0.257. The molecule has 46 heavy (non-hydrogen) atoms. The molecule has 0 radical (unpaired) electrons. The first-order valence-corrected chi connectivity index (χ1v) is 15.4. The number of anilines is 2. The molecule has 0 atom stereocenters. The first-order chi connectivity index (χ1) is 22.2. The van der Waals surface area contributed by atoms with Gasteiger partial charge in [0, 0.05) is 38.8 Å². The highest BCUT2D eigenvalue weighted by Gasteiger charge is 2.20. The van der Waals surface area contributed by atoms with E-state index >= 15 is 0 Å². The minimum absolute atomic E-state index is 0.0416. The van der Waals surface area contributed by atoms with E-state index in [0.29, 0.717) is 57.1 Å². The highest BCUT2D eigenvalue weighted by Crippen LogP contribution is 2.24. The lowest BCUT2D eigenvalue weighted by molar-refractivity contribution is 0.102. The molecule has 0 unspecified atom stereocenters. The number of piperidine rings is 1. The lowest BCUT2D eigenvalue weighted by Gasteiger charge is -2.30. The van der Waals surface area contributed by atoms with Crippen LogP contribution in [0.2, 0.25) is 5.02 Å². The molecule has 1 aliphatic rings. The molecule has 0 aliphatic carbocycles. The minimum atomic E-state index is -0.419. The van der Waals surface area contributed by atoms with Crippen molar-refractivity contribution in [3.8, 4) is 0 Å². The second-order valence-electron chi connectivity index (χ2n) is 11.4. The molecule has 3 aromatic carbocycles. The monoisotopic (exact) mass is 641 g/mol. The van der Waals surface area contributed by atoms with Crippen LogP contribution in [0.1, 0.15) is 53.5 Å². The first kappa shape index (κ1) is 32.6. The number of aliphatic imine (C=N–C) groups is 1. The average molecular weight is 642 g/mol. The van der Waals surface area contributed by atoms with Crippen molar-refractivity contribution in [3.05, 3.63) is 112 Å². The van der Waals surface area contributed by atoms with Crippen LogP contribution in [0.5, 0.6) is 0 Å². The number of likely N-dealkylation sites (tertiary alicyclic amines) is 1. The molecular weight excluding hydrogens is 605 g/mol. The van der Waals surface area contributed by atoms with Gasteiger partial charge in [-0.2, -0.15) is 0 Å². The average Bonchev–Trinajstić information content (AvgIpc) is 3.43. The van der Waals surface area contributed by atoms with E-state index in [4.69, 9.17) is 32.5 Å².